The highest BCUT2D eigenvalue weighted by Crippen LogP contribution is 2.18. The molecule has 1 unspecified atom stereocenters. The third-order valence-electron chi connectivity index (χ3n) is 3.30. The van der Waals surface area contributed by atoms with E-state index in [9.17, 15) is 0 Å². The van der Waals surface area contributed by atoms with Crippen molar-refractivity contribution in [3.63, 3.8) is 0 Å². The first-order chi connectivity index (χ1) is 7.78. The minimum Gasteiger partial charge on any atom is -0.399 e. The first-order valence-electron chi connectivity index (χ1n) is 6.09. The lowest BCUT2D eigenvalue weighted by Crippen LogP contribution is -2.22. The van der Waals surface area contributed by atoms with E-state index in [2.05, 4.69) is 23.2 Å². The Morgan fingerprint density at radius 1 is 1.50 bits per heavy atom. The van der Waals surface area contributed by atoms with Gasteiger partial charge in [0.1, 0.15) is 0 Å². The Balaban J connectivity index is 1.80. The number of benzene rings is 1. The molecule has 2 rings (SSSR count). The topological polar surface area (TPSA) is 41.3 Å². The summed E-state index contributed by atoms with van der Waals surface area (Å²) >= 11 is 0. The van der Waals surface area contributed by atoms with Crippen LogP contribution < -0.4 is 11.1 Å². The zero-order valence-electron chi connectivity index (χ0n) is 9.95. The molecule has 1 aliphatic rings. The van der Waals surface area contributed by atoms with Crippen molar-refractivity contribution in [3.05, 3.63) is 24.3 Å². The van der Waals surface area contributed by atoms with E-state index in [1.54, 1.807) is 0 Å². The quantitative estimate of drug-likeness (QED) is 0.761. The lowest BCUT2D eigenvalue weighted by molar-refractivity contribution is 0.345. The van der Waals surface area contributed by atoms with Crippen LogP contribution in [-0.2, 0) is 0 Å². The fraction of sp³-hybridized carbons (Fsp3) is 0.538. The molecule has 0 amide bonds. The minimum absolute atomic E-state index is 0.779. The van der Waals surface area contributed by atoms with E-state index >= 15 is 0 Å². The normalized spacial score (nSPS) is 21.2. The van der Waals surface area contributed by atoms with Crippen LogP contribution in [-0.4, -0.2) is 31.1 Å². The molecule has 3 nitrogen and oxygen atoms in total. The molecule has 1 aliphatic heterocycles. The molecule has 1 aromatic rings. The highest BCUT2D eigenvalue weighted by molar-refractivity contribution is 5.54. The third-order valence-corrected chi connectivity index (χ3v) is 3.30. The average Bonchev–Trinajstić information content (AvgIpc) is 2.74. The van der Waals surface area contributed by atoms with Gasteiger partial charge in [-0.3, -0.25) is 0 Å². The number of nitrogens with one attached hydrogen (secondary N) is 1. The summed E-state index contributed by atoms with van der Waals surface area (Å²) in [4.78, 5) is 2.51. The Bertz CT molecular complexity index is 338. The highest BCUT2D eigenvalue weighted by atomic mass is 15.1. The van der Waals surface area contributed by atoms with E-state index in [-0.39, 0.29) is 0 Å². The van der Waals surface area contributed by atoms with Gasteiger partial charge in [0, 0.05) is 24.5 Å². The highest BCUT2D eigenvalue weighted by Gasteiger charge is 2.20. The van der Waals surface area contributed by atoms with E-state index in [0.29, 0.717) is 0 Å². The molecule has 0 spiro atoms. The summed E-state index contributed by atoms with van der Waals surface area (Å²) in [6.45, 7) is 6.94. The van der Waals surface area contributed by atoms with Gasteiger partial charge in [0.15, 0.2) is 0 Å². The molecule has 0 bridgehead atoms. The molecule has 0 aliphatic carbocycles. The van der Waals surface area contributed by atoms with Gasteiger partial charge in [-0.2, -0.15) is 0 Å². The van der Waals surface area contributed by atoms with Crippen LogP contribution in [0, 0.1) is 5.92 Å². The predicted octanol–water partition coefficient (Wildman–Crippen LogP) is 2.02. The Morgan fingerprint density at radius 2 is 2.38 bits per heavy atom. The SMILES string of the molecule is CCN1CCC(CNc2cccc(N)c2)C1. The van der Waals surface area contributed by atoms with Gasteiger partial charge in [-0.05, 0) is 43.6 Å². The van der Waals surface area contributed by atoms with Crippen molar-refractivity contribution in [2.45, 2.75) is 13.3 Å². The predicted molar refractivity (Wildman–Crippen MR) is 69.6 cm³/mol. The first kappa shape index (κ1) is 11.3. The maximum absolute atomic E-state index is 5.74. The molecule has 0 aromatic heterocycles. The van der Waals surface area contributed by atoms with E-state index in [4.69, 9.17) is 5.73 Å². The van der Waals surface area contributed by atoms with Crippen LogP contribution in [0.3, 0.4) is 0 Å². The van der Waals surface area contributed by atoms with Gasteiger partial charge in [0.05, 0.1) is 0 Å². The van der Waals surface area contributed by atoms with Crippen molar-refractivity contribution in [1.29, 1.82) is 0 Å². The summed E-state index contributed by atoms with van der Waals surface area (Å²) in [6, 6.07) is 7.97. The van der Waals surface area contributed by atoms with Crippen molar-refractivity contribution < 1.29 is 0 Å². The zero-order chi connectivity index (χ0) is 11.4. The fourth-order valence-electron chi connectivity index (χ4n) is 2.28. The van der Waals surface area contributed by atoms with Crippen molar-refractivity contribution in [1.82, 2.24) is 4.90 Å². The van der Waals surface area contributed by atoms with E-state index < -0.39 is 0 Å². The fourth-order valence-corrected chi connectivity index (χ4v) is 2.28. The van der Waals surface area contributed by atoms with Crippen molar-refractivity contribution in [2.24, 2.45) is 5.92 Å². The van der Waals surface area contributed by atoms with Crippen LogP contribution in [0.15, 0.2) is 24.3 Å². The van der Waals surface area contributed by atoms with Crippen LogP contribution >= 0.6 is 0 Å². The molecule has 16 heavy (non-hydrogen) atoms. The Hall–Kier alpha value is -1.22. The number of likely N-dealkylation sites (tertiary alicyclic amines) is 1. The molecule has 1 saturated heterocycles. The van der Waals surface area contributed by atoms with E-state index in [1.165, 1.54) is 26.1 Å². The first-order valence-corrected chi connectivity index (χ1v) is 6.09. The number of nitrogen functional groups attached to an aromatic ring is 1. The van der Waals surface area contributed by atoms with E-state index in [0.717, 1.165) is 23.8 Å². The molecular weight excluding hydrogens is 198 g/mol. The number of rotatable bonds is 4. The van der Waals surface area contributed by atoms with Crippen molar-refractivity contribution in [3.8, 4) is 0 Å². The monoisotopic (exact) mass is 219 g/mol. The second-order valence-electron chi connectivity index (χ2n) is 4.55. The van der Waals surface area contributed by atoms with Gasteiger partial charge < -0.3 is 16.0 Å². The lowest BCUT2D eigenvalue weighted by atomic mass is 10.1. The molecule has 1 atom stereocenters. The largest absolute Gasteiger partial charge is 0.399 e. The van der Waals surface area contributed by atoms with Gasteiger partial charge in [-0.25, -0.2) is 0 Å². The summed E-state index contributed by atoms with van der Waals surface area (Å²) < 4.78 is 0. The average molecular weight is 219 g/mol. The Morgan fingerprint density at radius 3 is 3.06 bits per heavy atom. The smallest absolute Gasteiger partial charge is 0.0360 e. The number of hydrogen-bond donors (Lipinski definition) is 2. The second-order valence-corrected chi connectivity index (χ2v) is 4.55. The standard InChI is InChI=1S/C13H21N3/c1-2-16-7-6-11(10-16)9-15-13-5-3-4-12(14)8-13/h3-5,8,11,15H,2,6-7,9-10,14H2,1H3. The Labute approximate surface area is 97.6 Å². The van der Waals surface area contributed by atoms with Crippen LogP contribution in [0.2, 0.25) is 0 Å². The lowest BCUT2D eigenvalue weighted by Gasteiger charge is -2.14. The summed E-state index contributed by atoms with van der Waals surface area (Å²) in [5, 5.41) is 3.47. The summed E-state index contributed by atoms with van der Waals surface area (Å²) in [5.74, 6) is 0.779. The Kier molecular flexibility index (Phi) is 3.67. The molecule has 88 valence electrons. The minimum atomic E-state index is 0.779. The van der Waals surface area contributed by atoms with Crippen LogP contribution in [0.5, 0.6) is 0 Å². The molecular formula is C13H21N3. The maximum Gasteiger partial charge on any atom is 0.0360 e. The van der Waals surface area contributed by atoms with Gasteiger partial charge in [0.2, 0.25) is 0 Å². The summed E-state index contributed by atoms with van der Waals surface area (Å²) in [5.41, 5.74) is 7.70. The second kappa shape index (κ2) is 5.21. The number of nitrogens with two attached hydrogens (primary N) is 1. The molecule has 1 fully saturated rings. The number of anilines is 2. The molecule has 0 saturated carbocycles. The molecule has 1 heterocycles. The number of nitrogens with zero attached hydrogens (tertiary/aromatic N) is 1. The van der Waals surface area contributed by atoms with Crippen molar-refractivity contribution in [2.75, 3.05) is 37.2 Å². The van der Waals surface area contributed by atoms with Gasteiger partial charge in [-0.15, -0.1) is 0 Å². The maximum atomic E-state index is 5.74. The van der Waals surface area contributed by atoms with Gasteiger partial charge in [-0.1, -0.05) is 13.0 Å². The van der Waals surface area contributed by atoms with Gasteiger partial charge >= 0.3 is 0 Å². The number of hydrogen-bond acceptors (Lipinski definition) is 3. The molecule has 1 aromatic carbocycles. The molecule has 3 N–H and O–H groups in total. The zero-order valence-corrected chi connectivity index (χ0v) is 9.95. The summed E-state index contributed by atoms with van der Waals surface area (Å²) in [6.07, 6.45) is 1.31. The molecule has 0 radical (unpaired) electrons. The van der Waals surface area contributed by atoms with Crippen LogP contribution in [0.25, 0.3) is 0 Å². The third kappa shape index (κ3) is 2.89. The van der Waals surface area contributed by atoms with Crippen molar-refractivity contribution >= 4 is 11.4 Å². The van der Waals surface area contributed by atoms with Gasteiger partial charge in [0.25, 0.3) is 0 Å². The molecule has 3 heteroatoms. The van der Waals surface area contributed by atoms with E-state index in [1.807, 2.05) is 18.2 Å². The van der Waals surface area contributed by atoms with Crippen LogP contribution in [0.4, 0.5) is 11.4 Å². The van der Waals surface area contributed by atoms with Crippen LogP contribution in [0.1, 0.15) is 13.3 Å². The summed E-state index contributed by atoms with van der Waals surface area (Å²) in [7, 11) is 0.